The average Bonchev–Trinajstić information content (AvgIpc) is 2.44. The van der Waals surface area contributed by atoms with Gasteiger partial charge in [-0.05, 0) is 38.5 Å². The van der Waals surface area contributed by atoms with Crippen LogP contribution in [0, 0.1) is 0 Å². The van der Waals surface area contributed by atoms with Gasteiger partial charge in [-0.2, -0.15) is 0 Å². The van der Waals surface area contributed by atoms with Gasteiger partial charge in [0.05, 0.1) is 7.11 Å². The Labute approximate surface area is 125 Å². The lowest BCUT2D eigenvalue weighted by atomic mass is 10.1. The highest BCUT2D eigenvalue weighted by Gasteiger charge is 2.10. The highest BCUT2D eigenvalue weighted by Crippen LogP contribution is 2.16. The number of nitrogens with one attached hydrogen (secondary N) is 2. The third-order valence-corrected chi connectivity index (χ3v) is 2.80. The summed E-state index contributed by atoms with van der Waals surface area (Å²) in [6.45, 7) is 6.99. The van der Waals surface area contributed by atoms with Crippen molar-refractivity contribution >= 4 is 11.6 Å². The van der Waals surface area contributed by atoms with E-state index in [9.17, 15) is 0 Å². The summed E-state index contributed by atoms with van der Waals surface area (Å²) in [5.74, 6) is 2.47. The Hall–Kier alpha value is -2.30. The molecule has 112 valence electrons. The summed E-state index contributed by atoms with van der Waals surface area (Å²) >= 11 is 0. The molecule has 0 saturated heterocycles. The first kappa shape index (κ1) is 15.1. The molecule has 0 saturated carbocycles. The fraction of sp³-hybridized carbons (Fsp3) is 0.375. The standard InChI is InChI=1S/C16H22N4O/c1-16(2,3)20-15-9-14(18-11-19-15)17-10-12-5-7-13(21-4)8-6-12/h5-9,11H,10H2,1-4H3,(H2,17,18,19,20). The van der Waals surface area contributed by atoms with Gasteiger partial charge in [-0.3, -0.25) is 0 Å². The molecule has 5 nitrogen and oxygen atoms in total. The first-order valence-corrected chi connectivity index (χ1v) is 6.93. The van der Waals surface area contributed by atoms with E-state index in [1.807, 2.05) is 30.3 Å². The van der Waals surface area contributed by atoms with Crippen LogP contribution in [0.4, 0.5) is 11.6 Å². The van der Waals surface area contributed by atoms with Crippen molar-refractivity contribution in [1.29, 1.82) is 0 Å². The molecule has 1 aromatic carbocycles. The molecule has 2 N–H and O–H groups in total. The van der Waals surface area contributed by atoms with Crippen LogP contribution in [0.25, 0.3) is 0 Å². The van der Waals surface area contributed by atoms with Crippen LogP contribution in [0.2, 0.25) is 0 Å². The third-order valence-electron chi connectivity index (χ3n) is 2.80. The van der Waals surface area contributed by atoms with E-state index in [1.54, 1.807) is 13.4 Å². The van der Waals surface area contributed by atoms with Gasteiger partial charge in [-0.15, -0.1) is 0 Å². The lowest BCUT2D eigenvalue weighted by Crippen LogP contribution is -2.26. The monoisotopic (exact) mass is 286 g/mol. The van der Waals surface area contributed by atoms with Gasteiger partial charge in [0.1, 0.15) is 23.7 Å². The number of aromatic nitrogens is 2. The summed E-state index contributed by atoms with van der Waals surface area (Å²) in [5, 5.41) is 6.62. The van der Waals surface area contributed by atoms with Crippen LogP contribution in [0.1, 0.15) is 26.3 Å². The molecule has 0 amide bonds. The molecular weight excluding hydrogens is 264 g/mol. The van der Waals surface area contributed by atoms with E-state index in [2.05, 4.69) is 41.4 Å². The topological polar surface area (TPSA) is 59.1 Å². The highest BCUT2D eigenvalue weighted by atomic mass is 16.5. The maximum atomic E-state index is 5.14. The van der Waals surface area contributed by atoms with Gasteiger partial charge in [0.2, 0.25) is 0 Å². The average molecular weight is 286 g/mol. The molecule has 2 aromatic rings. The first-order valence-electron chi connectivity index (χ1n) is 6.93. The summed E-state index contributed by atoms with van der Waals surface area (Å²) in [6.07, 6.45) is 1.56. The van der Waals surface area contributed by atoms with Crippen LogP contribution < -0.4 is 15.4 Å². The van der Waals surface area contributed by atoms with Gasteiger partial charge >= 0.3 is 0 Å². The maximum absolute atomic E-state index is 5.14. The summed E-state index contributed by atoms with van der Waals surface area (Å²) in [5.41, 5.74) is 1.14. The summed E-state index contributed by atoms with van der Waals surface area (Å²) < 4.78 is 5.14. The minimum absolute atomic E-state index is 0.0262. The minimum atomic E-state index is -0.0262. The summed E-state index contributed by atoms with van der Waals surface area (Å²) in [7, 11) is 1.66. The zero-order chi connectivity index (χ0) is 15.3. The zero-order valence-corrected chi connectivity index (χ0v) is 13.0. The van der Waals surface area contributed by atoms with Crippen molar-refractivity contribution in [3.8, 4) is 5.75 Å². The largest absolute Gasteiger partial charge is 0.497 e. The third kappa shape index (κ3) is 4.95. The van der Waals surface area contributed by atoms with Crippen molar-refractivity contribution in [2.45, 2.75) is 32.9 Å². The van der Waals surface area contributed by atoms with E-state index in [0.717, 1.165) is 17.4 Å². The van der Waals surface area contributed by atoms with Crippen LogP contribution in [0.5, 0.6) is 5.75 Å². The van der Waals surface area contributed by atoms with E-state index in [-0.39, 0.29) is 5.54 Å². The van der Waals surface area contributed by atoms with Gasteiger partial charge in [-0.25, -0.2) is 9.97 Å². The van der Waals surface area contributed by atoms with Crippen LogP contribution in [0.15, 0.2) is 36.7 Å². The molecule has 0 fully saturated rings. The Morgan fingerprint density at radius 3 is 2.33 bits per heavy atom. The minimum Gasteiger partial charge on any atom is -0.497 e. The van der Waals surface area contributed by atoms with Gasteiger partial charge in [0, 0.05) is 18.2 Å². The smallest absolute Gasteiger partial charge is 0.131 e. The number of hydrogen-bond donors (Lipinski definition) is 2. The normalized spacial score (nSPS) is 11.0. The molecule has 0 aliphatic carbocycles. The summed E-state index contributed by atoms with van der Waals surface area (Å²) in [6, 6.07) is 9.87. The number of anilines is 2. The van der Waals surface area contributed by atoms with Crippen molar-refractivity contribution in [2.24, 2.45) is 0 Å². The number of benzene rings is 1. The second-order valence-electron chi connectivity index (χ2n) is 5.87. The number of methoxy groups -OCH3 is 1. The molecular formula is C16H22N4O. The molecule has 21 heavy (non-hydrogen) atoms. The van der Waals surface area contributed by atoms with E-state index in [4.69, 9.17) is 4.74 Å². The molecule has 5 heteroatoms. The van der Waals surface area contributed by atoms with Crippen molar-refractivity contribution in [2.75, 3.05) is 17.7 Å². The quantitative estimate of drug-likeness (QED) is 0.883. The van der Waals surface area contributed by atoms with Gasteiger partial charge in [0.25, 0.3) is 0 Å². The predicted molar refractivity (Wildman–Crippen MR) is 85.7 cm³/mol. The fourth-order valence-electron chi connectivity index (χ4n) is 1.84. The first-order chi connectivity index (χ1) is 9.96. The predicted octanol–water partition coefficient (Wildman–Crippen LogP) is 3.31. The molecule has 0 spiro atoms. The Kier molecular flexibility index (Phi) is 4.62. The van der Waals surface area contributed by atoms with Gasteiger partial charge < -0.3 is 15.4 Å². The van der Waals surface area contributed by atoms with Crippen molar-refractivity contribution in [3.63, 3.8) is 0 Å². The Balaban J connectivity index is 1.97. The van der Waals surface area contributed by atoms with E-state index in [1.165, 1.54) is 5.56 Å². The van der Waals surface area contributed by atoms with Crippen LogP contribution in [-0.4, -0.2) is 22.6 Å². The van der Waals surface area contributed by atoms with Crippen LogP contribution in [0.3, 0.4) is 0 Å². The SMILES string of the molecule is COc1ccc(CNc2cc(NC(C)(C)C)ncn2)cc1. The fourth-order valence-corrected chi connectivity index (χ4v) is 1.84. The van der Waals surface area contributed by atoms with E-state index in [0.29, 0.717) is 6.54 Å². The number of nitrogens with zero attached hydrogens (tertiary/aromatic N) is 2. The van der Waals surface area contributed by atoms with E-state index < -0.39 is 0 Å². The van der Waals surface area contributed by atoms with Crippen LogP contribution >= 0.6 is 0 Å². The molecule has 0 aliphatic rings. The van der Waals surface area contributed by atoms with Crippen molar-refractivity contribution in [1.82, 2.24) is 9.97 Å². The van der Waals surface area contributed by atoms with Crippen molar-refractivity contribution < 1.29 is 4.74 Å². The zero-order valence-electron chi connectivity index (χ0n) is 13.0. The lowest BCUT2D eigenvalue weighted by molar-refractivity contribution is 0.414. The molecule has 0 atom stereocenters. The molecule has 0 radical (unpaired) electrons. The second-order valence-corrected chi connectivity index (χ2v) is 5.87. The Morgan fingerprint density at radius 1 is 1.05 bits per heavy atom. The number of hydrogen-bond acceptors (Lipinski definition) is 5. The molecule has 2 rings (SSSR count). The number of rotatable bonds is 5. The Bertz CT molecular complexity index is 576. The van der Waals surface area contributed by atoms with Crippen molar-refractivity contribution in [3.05, 3.63) is 42.2 Å². The molecule has 1 aromatic heterocycles. The second kappa shape index (κ2) is 6.43. The van der Waals surface area contributed by atoms with Crippen LogP contribution in [-0.2, 0) is 6.54 Å². The van der Waals surface area contributed by atoms with E-state index >= 15 is 0 Å². The highest BCUT2D eigenvalue weighted by molar-refractivity contribution is 5.48. The van der Waals surface area contributed by atoms with Gasteiger partial charge in [0.15, 0.2) is 0 Å². The summed E-state index contributed by atoms with van der Waals surface area (Å²) in [4.78, 5) is 8.45. The van der Waals surface area contributed by atoms with Gasteiger partial charge in [-0.1, -0.05) is 12.1 Å². The maximum Gasteiger partial charge on any atom is 0.131 e. The lowest BCUT2D eigenvalue weighted by Gasteiger charge is -2.21. The molecule has 0 unspecified atom stereocenters. The molecule has 1 heterocycles. The number of ether oxygens (including phenoxy) is 1. The Morgan fingerprint density at radius 2 is 1.71 bits per heavy atom. The molecule has 0 aliphatic heterocycles. The molecule has 0 bridgehead atoms.